The molecule has 2 nitrogen and oxygen atoms in total. The van der Waals surface area contributed by atoms with Crippen LogP contribution in [-0.2, 0) is 0 Å². The molecule has 0 aliphatic heterocycles. The van der Waals surface area contributed by atoms with Crippen LogP contribution in [0.3, 0.4) is 0 Å². The monoisotopic (exact) mass is 270 g/mol. The van der Waals surface area contributed by atoms with Crippen molar-refractivity contribution in [1.29, 1.82) is 0 Å². The molecule has 1 aromatic heterocycles. The fourth-order valence-electron chi connectivity index (χ4n) is 1.32. The van der Waals surface area contributed by atoms with Crippen LogP contribution in [0.5, 0.6) is 5.75 Å². The van der Waals surface area contributed by atoms with Gasteiger partial charge in [0.15, 0.2) is 6.29 Å². The normalized spacial score (nSPS) is 10.4. The standard InChI is InChI=1S/C10H7BrO2S/c1-13-8-3-2-7-6(4-12)5-14-10(7)9(8)11/h2-5H,1H3. The maximum Gasteiger partial charge on any atom is 0.151 e. The first kappa shape index (κ1) is 9.68. The Morgan fingerprint density at radius 1 is 1.50 bits per heavy atom. The molecular weight excluding hydrogens is 264 g/mol. The summed E-state index contributed by atoms with van der Waals surface area (Å²) in [5, 5.41) is 2.82. The number of ether oxygens (including phenoxy) is 1. The third-order valence-corrected chi connectivity index (χ3v) is 4.10. The van der Waals surface area contributed by atoms with Crippen LogP contribution >= 0.6 is 27.3 Å². The zero-order valence-electron chi connectivity index (χ0n) is 7.41. The van der Waals surface area contributed by atoms with Gasteiger partial charge < -0.3 is 4.74 Å². The van der Waals surface area contributed by atoms with Crippen LogP contribution in [0, 0.1) is 0 Å². The van der Waals surface area contributed by atoms with E-state index in [1.165, 1.54) is 11.3 Å². The molecule has 1 heterocycles. The van der Waals surface area contributed by atoms with E-state index in [9.17, 15) is 4.79 Å². The maximum absolute atomic E-state index is 10.7. The summed E-state index contributed by atoms with van der Waals surface area (Å²) in [7, 11) is 1.63. The molecular formula is C10H7BrO2S. The summed E-state index contributed by atoms with van der Waals surface area (Å²) in [4.78, 5) is 10.7. The topological polar surface area (TPSA) is 26.3 Å². The molecule has 0 N–H and O–H groups in total. The van der Waals surface area contributed by atoms with E-state index in [0.29, 0.717) is 0 Å². The number of halogens is 1. The van der Waals surface area contributed by atoms with Gasteiger partial charge in [-0.2, -0.15) is 0 Å². The van der Waals surface area contributed by atoms with Gasteiger partial charge in [-0.15, -0.1) is 11.3 Å². The molecule has 4 heteroatoms. The Morgan fingerprint density at radius 3 is 2.93 bits per heavy atom. The lowest BCUT2D eigenvalue weighted by Gasteiger charge is -2.03. The number of rotatable bonds is 2. The molecule has 2 aromatic rings. The van der Waals surface area contributed by atoms with Gasteiger partial charge in [0, 0.05) is 16.3 Å². The van der Waals surface area contributed by atoms with Crippen LogP contribution in [0.2, 0.25) is 0 Å². The molecule has 1 aromatic carbocycles. The SMILES string of the molecule is COc1ccc2c(C=O)csc2c1Br. The third kappa shape index (κ3) is 1.35. The predicted octanol–water partition coefficient (Wildman–Crippen LogP) is 3.48. The second-order valence-corrected chi connectivity index (χ2v) is 4.44. The molecule has 0 radical (unpaired) electrons. The van der Waals surface area contributed by atoms with E-state index in [1.54, 1.807) is 7.11 Å². The minimum absolute atomic E-state index is 0.730. The summed E-state index contributed by atoms with van der Waals surface area (Å²) in [6.45, 7) is 0. The molecule has 0 aliphatic carbocycles. The quantitative estimate of drug-likeness (QED) is 0.781. The van der Waals surface area contributed by atoms with Crippen molar-refractivity contribution in [1.82, 2.24) is 0 Å². The summed E-state index contributed by atoms with van der Waals surface area (Å²) in [5.41, 5.74) is 0.730. The summed E-state index contributed by atoms with van der Waals surface area (Å²) in [6, 6.07) is 3.76. The highest BCUT2D eigenvalue weighted by atomic mass is 79.9. The van der Waals surface area contributed by atoms with Crippen LogP contribution in [0.4, 0.5) is 0 Å². The number of methoxy groups -OCH3 is 1. The smallest absolute Gasteiger partial charge is 0.151 e. The summed E-state index contributed by atoms with van der Waals surface area (Å²) in [5.74, 6) is 0.789. The minimum Gasteiger partial charge on any atom is -0.496 e. The largest absolute Gasteiger partial charge is 0.496 e. The van der Waals surface area contributed by atoms with Crippen molar-refractivity contribution in [3.63, 3.8) is 0 Å². The van der Waals surface area contributed by atoms with Gasteiger partial charge in [-0.1, -0.05) is 0 Å². The summed E-state index contributed by atoms with van der Waals surface area (Å²) < 4.78 is 7.13. The van der Waals surface area contributed by atoms with Gasteiger partial charge in [0.25, 0.3) is 0 Å². The van der Waals surface area contributed by atoms with E-state index in [2.05, 4.69) is 15.9 Å². The van der Waals surface area contributed by atoms with Crippen molar-refractivity contribution < 1.29 is 9.53 Å². The van der Waals surface area contributed by atoms with E-state index < -0.39 is 0 Å². The van der Waals surface area contributed by atoms with Crippen molar-refractivity contribution >= 4 is 43.6 Å². The average molecular weight is 271 g/mol. The van der Waals surface area contributed by atoms with Crippen LogP contribution in [0.15, 0.2) is 22.0 Å². The third-order valence-electron chi connectivity index (χ3n) is 2.02. The number of carbonyl (C=O) groups excluding carboxylic acids is 1. The van der Waals surface area contributed by atoms with Crippen molar-refractivity contribution in [3.05, 3.63) is 27.5 Å². The Bertz CT molecular complexity index is 490. The van der Waals surface area contributed by atoms with Gasteiger partial charge in [-0.25, -0.2) is 0 Å². The van der Waals surface area contributed by atoms with Gasteiger partial charge in [0.1, 0.15) is 5.75 Å². The Morgan fingerprint density at radius 2 is 2.29 bits per heavy atom. The maximum atomic E-state index is 10.7. The average Bonchev–Trinajstić information content (AvgIpc) is 2.62. The second-order valence-electron chi connectivity index (χ2n) is 2.77. The zero-order chi connectivity index (χ0) is 10.1. The Labute approximate surface area is 93.6 Å². The van der Waals surface area contributed by atoms with Crippen molar-refractivity contribution in [2.75, 3.05) is 7.11 Å². The van der Waals surface area contributed by atoms with Crippen molar-refractivity contribution in [2.24, 2.45) is 0 Å². The van der Waals surface area contributed by atoms with Crippen LogP contribution in [0.1, 0.15) is 10.4 Å². The van der Waals surface area contributed by atoms with Crippen LogP contribution in [-0.4, -0.2) is 13.4 Å². The fourth-order valence-corrected chi connectivity index (χ4v) is 3.05. The predicted molar refractivity (Wildman–Crippen MR) is 61.5 cm³/mol. The lowest BCUT2D eigenvalue weighted by Crippen LogP contribution is -1.84. The molecule has 0 saturated heterocycles. The minimum atomic E-state index is 0.730. The number of hydrogen-bond donors (Lipinski definition) is 0. The van der Waals surface area contributed by atoms with Gasteiger partial charge in [0.2, 0.25) is 0 Å². The molecule has 14 heavy (non-hydrogen) atoms. The number of carbonyl (C=O) groups is 1. The number of aldehydes is 1. The molecule has 72 valence electrons. The van der Waals surface area contributed by atoms with Gasteiger partial charge in [-0.05, 0) is 28.1 Å². The Kier molecular flexibility index (Phi) is 2.56. The first-order valence-electron chi connectivity index (χ1n) is 3.96. The highest BCUT2D eigenvalue weighted by Gasteiger charge is 2.09. The fraction of sp³-hybridized carbons (Fsp3) is 0.100. The van der Waals surface area contributed by atoms with Crippen molar-refractivity contribution in [2.45, 2.75) is 0 Å². The van der Waals surface area contributed by atoms with Gasteiger partial charge in [-0.3, -0.25) is 4.79 Å². The number of fused-ring (bicyclic) bond motifs is 1. The Balaban J connectivity index is 2.78. The molecule has 0 saturated carbocycles. The van der Waals surface area contributed by atoms with Crippen molar-refractivity contribution in [3.8, 4) is 5.75 Å². The van der Waals surface area contributed by atoms with E-state index >= 15 is 0 Å². The summed E-state index contributed by atoms with van der Waals surface area (Å²) >= 11 is 4.99. The van der Waals surface area contributed by atoms with E-state index in [1.807, 2.05) is 17.5 Å². The van der Waals surface area contributed by atoms with Gasteiger partial charge >= 0.3 is 0 Å². The second kappa shape index (κ2) is 3.71. The molecule has 0 bridgehead atoms. The highest BCUT2D eigenvalue weighted by molar-refractivity contribution is 9.10. The lowest BCUT2D eigenvalue weighted by molar-refractivity contribution is 0.112. The highest BCUT2D eigenvalue weighted by Crippen LogP contribution is 2.37. The van der Waals surface area contributed by atoms with Crippen LogP contribution in [0.25, 0.3) is 10.1 Å². The lowest BCUT2D eigenvalue weighted by atomic mass is 10.2. The van der Waals surface area contributed by atoms with E-state index in [-0.39, 0.29) is 0 Å². The molecule has 0 aliphatic rings. The molecule has 0 fully saturated rings. The number of thiophene rings is 1. The first-order valence-corrected chi connectivity index (χ1v) is 5.64. The molecule has 0 amide bonds. The first-order chi connectivity index (χ1) is 6.77. The summed E-state index contributed by atoms with van der Waals surface area (Å²) in [6.07, 6.45) is 0.873. The number of benzene rings is 1. The molecule has 0 spiro atoms. The van der Waals surface area contributed by atoms with Crippen LogP contribution < -0.4 is 4.74 Å². The molecule has 0 atom stereocenters. The molecule has 2 rings (SSSR count). The molecule has 0 unspecified atom stereocenters. The number of hydrogen-bond acceptors (Lipinski definition) is 3. The van der Waals surface area contributed by atoms with Gasteiger partial charge in [0.05, 0.1) is 16.3 Å². The van der Waals surface area contributed by atoms with E-state index in [0.717, 1.165) is 32.2 Å². The van der Waals surface area contributed by atoms with E-state index in [4.69, 9.17) is 4.74 Å². The zero-order valence-corrected chi connectivity index (χ0v) is 9.81. The Hall–Kier alpha value is -0.870.